The first-order valence-electron chi connectivity index (χ1n) is 5.97. The summed E-state index contributed by atoms with van der Waals surface area (Å²) >= 11 is 0. The molecule has 2 rings (SSSR count). The van der Waals surface area contributed by atoms with Crippen LogP contribution in [0.2, 0.25) is 0 Å². The maximum absolute atomic E-state index is 13.1. The topological polar surface area (TPSA) is 89.3 Å². The molecule has 5 nitrogen and oxygen atoms in total. The number of nitrogens with two attached hydrogens (primary N) is 1. The van der Waals surface area contributed by atoms with Crippen molar-refractivity contribution in [3.05, 3.63) is 59.4 Å². The first-order valence-corrected chi connectivity index (χ1v) is 7.52. The van der Waals surface area contributed by atoms with Crippen LogP contribution in [0.4, 0.5) is 10.1 Å². The van der Waals surface area contributed by atoms with Crippen molar-refractivity contribution >= 4 is 21.6 Å². The first kappa shape index (κ1) is 15.1. The Morgan fingerprint density at radius 1 is 1.19 bits per heavy atom. The number of nitrogens with one attached hydrogen (secondary N) is 1. The number of hydrogen-bond donors (Lipinski definition) is 2. The number of sulfonamides is 1. The smallest absolute Gasteiger partial charge is 0.255 e. The fourth-order valence-electron chi connectivity index (χ4n) is 1.81. The second-order valence-corrected chi connectivity index (χ2v) is 6.11. The molecule has 0 unspecified atom stereocenters. The highest BCUT2D eigenvalue weighted by atomic mass is 32.2. The van der Waals surface area contributed by atoms with Gasteiger partial charge in [-0.1, -0.05) is 6.07 Å². The van der Waals surface area contributed by atoms with Crippen LogP contribution >= 0.6 is 0 Å². The Labute approximate surface area is 121 Å². The normalized spacial score (nSPS) is 11.2. The summed E-state index contributed by atoms with van der Waals surface area (Å²) in [7, 11) is -3.90. The van der Waals surface area contributed by atoms with Crippen LogP contribution in [0.1, 0.15) is 15.9 Å². The lowest BCUT2D eigenvalue weighted by Crippen LogP contribution is -2.16. The average molecular weight is 308 g/mol. The number of carbonyl (C=O) groups excluding carboxylic acids is 1. The van der Waals surface area contributed by atoms with Crippen molar-refractivity contribution < 1.29 is 17.6 Å². The largest absolute Gasteiger partial charge is 0.322 e. The highest BCUT2D eigenvalue weighted by molar-refractivity contribution is 7.89. The maximum atomic E-state index is 13.1. The molecule has 0 saturated heterocycles. The van der Waals surface area contributed by atoms with Gasteiger partial charge < -0.3 is 5.32 Å². The minimum atomic E-state index is -3.90. The number of hydrogen-bond acceptors (Lipinski definition) is 3. The summed E-state index contributed by atoms with van der Waals surface area (Å²) in [6.07, 6.45) is 0. The van der Waals surface area contributed by atoms with E-state index in [-0.39, 0.29) is 16.1 Å². The number of anilines is 1. The summed E-state index contributed by atoms with van der Waals surface area (Å²) in [5.74, 6) is -1.03. The van der Waals surface area contributed by atoms with Gasteiger partial charge in [-0.15, -0.1) is 0 Å². The van der Waals surface area contributed by atoms with Gasteiger partial charge in [0.15, 0.2) is 0 Å². The molecule has 1 amide bonds. The molecule has 0 saturated carbocycles. The molecule has 21 heavy (non-hydrogen) atoms. The standard InChI is InChI=1S/C14H13FN2O3S/c1-9-5-10(7-13(6-9)21(16,19)20)14(18)17-12-4-2-3-11(15)8-12/h2-8H,1H3,(H,17,18)(H2,16,19,20). The third-order valence-electron chi connectivity index (χ3n) is 2.72. The van der Waals surface area contributed by atoms with Gasteiger partial charge in [0.2, 0.25) is 10.0 Å². The Kier molecular flexibility index (Phi) is 4.06. The van der Waals surface area contributed by atoms with Crippen molar-refractivity contribution in [2.24, 2.45) is 5.14 Å². The van der Waals surface area contributed by atoms with Gasteiger partial charge in [-0.3, -0.25) is 4.79 Å². The van der Waals surface area contributed by atoms with E-state index in [1.165, 1.54) is 36.4 Å². The van der Waals surface area contributed by atoms with Crippen molar-refractivity contribution in [3.8, 4) is 0 Å². The van der Waals surface area contributed by atoms with Crippen LogP contribution in [0.5, 0.6) is 0 Å². The molecule has 0 atom stereocenters. The van der Waals surface area contributed by atoms with E-state index in [2.05, 4.69) is 5.32 Å². The highest BCUT2D eigenvalue weighted by Gasteiger charge is 2.14. The van der Waals surface area contributed by atoms with E-state index >= 15 is 0 Å². The van der Waals surface area contributed by atoms with E-state index in [0.29, 0.717) is 5.56 Å². The van der Waals surface area contributed by atoms with Crippen LogP contribution in [0.3, 0.4) is 0 Å². The van der Waals surface area contributed by atoms with Crippen molar-refractivity contribution in [3.63, 3.8) is 0 Å². The van der Waals surface area contributed by atoms with Crippen molar-refractivity contribution in [1.29, 1.82) is 0 Å². The Balaban J connectivity index is 2.33. The summed E-state index contributed by atoms with van der Waals surface area (Å²) in [5.41, 5.74) is 0.980. The lowest BCUT2D eigenvalue weighted by atomic mass is 10.1. The van der Waals surface area contributed by atoms with Crippen LogP contribution in [-0.2, 0) is 10.0 Å². The number of primary sulfonamides is 1. The third kappa shape index (κ3) is 3.87. The van der Waals surface area contributed by atoms with Crippen LogP contribution in [-0.4, -0.2) is 14.3 Å². The molecule has 0 fully saturated rings. The fourth-order valence-corrected chi connectivity index (χ4v) is 2.45. The molecule has 0 bridgehead atoms. The van der Waals surface area contributed by atoms with Crippen LogP contribution in [0, 0.1) is 12.7 Å². The summed E-state index contributed by atoms with van der Waals surface area (Å²) in [4.78, 5) is 11.9. The molecular weight excluding hydrogens is 295 g/mol. The highest BCUT2D eigenvalue weighted by Crippen LogP contribution is 2.16. The fraction of sp³-hybridized carbons (Fsp3) is 0.0714. The molecule has 0 radical (unpaired) electrons. The number of rotatable bonds is 3. The number of benzene rings is 2. The Morgan fingerprint density at radius 3 is 2.52 bits per heavy atom. The molecule has 110 valence electrons. The molecule has 0 spiro atoms. The summed E-state index contributed by atoms with van der Waals surface area (Å²) < 4.78 is 35.8. The van der Waals surface area contributed by atoms with Crippen molar-refractivity contribution in [1.82, 2.24) is 0 Å². The van der Waals surface area contributed by atoms with Gasteiger partial charge in [0.1, 0.15) is 5.82 Å². The second-order valence-electron chi connectivity index (χ2n) is 4.54. The quantitative estimate of drug-likeness (QED) is 0.909. The SMILES string of the molecule is Cc1cc(C(=O)Nc2cccc(F)c2)cc(S(N)(=O)=O)c1. The number of halogens is 1. The zero-order valence-corrected chi connectivity index (χ0v) is 11.9. The van der Waals surface area contributed by atoms with Crippen LogP contribution in [0.25, 0.3) is 0 Å². The predicted octanol–water partition coefficient (Wildman–Crippen LogP) is 2.03. The van der Waals surface area contributed by atoms with Gasteiger partial charge in [-0.25, -0.2) is 17.9 Å². The van der Waals surface area contributed by atoms with Gasteiger partial charge in [-0.05, 0) is 48.9 Å². The van der Waals surface area contributed by atoms with E-state index in [9.17, 15) is 17.6 Å². The maximum Gasteiger partial charge on any atom is 0.255 e. The Hall–Kier alpha value is -2.25. The van der Waals surface area contributed by atoms with Gasteiger partial charge in [-0.2, -0.15) is 0 Å². The van der Waals surface area contributed by atoms with Gasteiger partial charge in [0.05, 0.1) is 4.90 Å². The molecule has 3 N–H and O–H groups in total. The summed E-state index contributed by atoms with van der Waals surface area (Å²) in [6, 6.07) is 9.46. The monoisotopic (exact) mass is 308 g/mol. The van der Waals surface area contributed by atoms with E-state index in [1.807, 2.05) is 0 Å². The lowest BCUT2D eigenvalue weighted by Gasteiger charge is -2.08. The minimum Gasteiger partial charge on any atom is -0.322 e. The third-order valence-corrected chi connectivity index (χ3v) is 3.62. The number of aryl methyl sites for hydroxylation is 1. The van der Waals surface area contributed by atoms with Gasteiger partial charge >= 0.3 is 0 Å². The molecule has 2 aromatic carbocycles. The second kappa shape index (κ2) is 5.63. The summed E-state index contributed by atoms with van der Waals surface area (Å²) in [5, 5.41) is 7.55. The molecule has 2 aromatic rings. The van der Waals surface area contributed by atoms with Gasteiger partial charge in [0, 0.05) is 11.3 Å². The van der Waals surface area contributed by atoms with Crippen LogP contribution in [0.15, 0.2) is 47.4 Å². The molecule has 0 aliphatic carbocycles. The van der Waals surface area contributed by atoms with Crippen LogP contribution < -0.4 is 10.5 Å². The minimum absolute atomic E-state index is 0.128. The van der Waals surface area contributed by atoms with E-state index < -0.39 is 21.7 Å². The van der Waals surface area contributed by atoms with Crippen molar-refractivity contribution in [2.45, 2.75) is 11.8 Å². The Bertz CT molecular complexity index is 804. The molecular formula is C14H13FN2O3S. The van der Waals surface area contributed by atoms with E-state index in [0.717, 1.165) is 6.07 Å². The molecule has 0 aromatic heterocycles. The Morgan fingerprint density at radius 2 is 1.90 bits per heavy atom. The molecule has 0 aliphatic rings. The average Bonchev–Trinajstić information content (AvgIpc) is 2.37. The zero-order chi connectivity index (χ0) is 15.6. The lowest BCUT2D eigenvalue weighted by molar-refractivity contribution is 0.102. The van der Waals surface area contributed by atoms with E-state index in [1.54, 1.807) is 6.92 Å². The van der Waals surface area contributed by atoms with E-state index in [4.69, 9.17) is 5.14 Å². The molecule has 0 heterocycles. The van der Waals surface area contributed by atoms with Gasteiger partial charge in [0.25, 0.3) is 5.91 Å². The number of amides is 1. The molecule has 7 heteroatoms. The molecule has 0 aliphatic heterocycles. The summed E-state index contributed by atoms with van der Waals surface area (Å²) in [6.45, 7) is 1.65. The first-order chi connectivity index (χ1) is 9.75. The predicted molar refractivity (Wildman–Crippen MR) is 76.9 cm³/mol. The number of carbonyl (C=O) groups is 1. The van der Waals surface area contributed by atoms with Crippen molar-refractivity contribution in [2.75, 3.05) is 5.32 Å². The zero-order valence-electron chi connectivity index (χ0n) is 11.1.